The largest absolute Gasteiger partial charge is 0.368 e. The van der Waals surface area contributed by atoms with Crippen LogP contribution in [0.5, 0.6) is 0 Å². The van der Waals surface area contributed by atoms with Gasteiger partial charge in [-0.2, -0.15) is 5.10 Å². The van der Waals surface area contributed by atoms with E-state index in [1.165, 1.54) is 5.56 Å². The van der Waals surface area contributed by atoms with Crippen LogP contribution in [-0.2, 0) is 22.4 Å². The molecule has 1 amide bonds. The van der Waals surface area contributed by atoms with E-state index in [-0.39, 0.29) is 24.3 Å². The van der Waals surface area contributed by atoms with E-state index in [1.807, 2.05) is 55.1 Å². The minimum atomic E-state index is -0.223. The first-order valence-corrected chi connectivity index (χ1v) is 10.4. The summed E-state index contributed by atoms with van der Waals surface area (Å²) in [5.41, 5.74) is 3.08. The maximum Gasteiger partial charge on any atom is 0.230 e. The Morgan fingerprint density at radius 2 is 2.00 bits per heavy atom. The molecule has 0 bridgehead atoms. The van der Waals surface area contributed by atoms with Crippen LogP contribution in [0.15, 0.2) is 48.5 Å². The van der Waals surface area contributed by atoms with Gasteiger partial charge in [-0.15, -0.1) is 0 Å². The van der Waals surface area contributed by atoms with Crippen LogP contribution >= 0.6 is 0 Å². The van der Waals surface area contributed by atoms with Crippen LogP contribution in [0.1, 0.15) is 54.5 Å². The molecular formula is C23H27N5O2. The number of nitrogens with zero attached hydrogens (tertiary/aromatic N) is 4. The Labute approximate surface area is 176 Å². The summed E-state index contributed by atoms with van der Waals surface area (Å²) in [4.78, 5) is 23.8. The van der Waals surface area contributed by atoms with Crippen molar-refractivity contribution in [2.24, 2.45) is 0 Å². The summed E-state index contributed by atoms with van der Waals surface area (Å²) in [6.07, 6.45) is 0.765. The Hall–Kier alpha value is -3.06. The lowest BCUT2D eigenvalue weighted by atomic mass is 10.1. The third kappa shape index (κ3) is 4.91. The molecule has 1 N–H and O–H groups in total. The smallest absolute Gasteiger partial charge is 0.230 e. The van der Waals surface area contributed by atoms with Gasteiger partial charge in [0.25, 0.3) is 0 Å². The highest BCUT2D eigenvalue weighted by atomic mass is 16.5. The van der Waals surface area contributed by atoms with E-state index in [2.05, 4.69) is 27.3 Å². The first-order chi connectivity index (χ1) is 14.6. The molecule has 0 spiro atoms. The number of hydrogen-bond acceptors (Lipinski definition) is 5. The van der Waals surface area contributed by atoms with Gasteiger partial charge in [-0.3, -0.25) is 14.9 Å². The number of carbonyl (C=O) groups is 1. The maximum absolute atomic E-state index is 12.8. The fourth-order valence-corrected chi connectivity index (χ4v) is 3.54. The number of aromatic amines is 1. The van der Waals surface area contributed by atoms with E-state index in [4.69, 9.17) is 9.72 Å². The number of nitrogens with one attached hydrogen (secondary N) is 1. The lowest BCUT2D eigenvalue weighted by Crippen LogP contribution is -2.43. The number of ether oxygens (including phenoxy) is 1. The zero-order valence-corrected chi connectivity index (χ0v) is 17.4. The Balaban J connectivity index is 1.40. The predicted octanol–water partition coefficient (Wildman–Crippen LogP) is 3.06. The molecule has 1 aliphatic heterocycles. The van der Waals surface area contributed by atoms with E-state index >= 15 is 0 Å². The van der Waals surface area contributed by atoms with Crippen LogP contribution in [0.25, 0.3) is 0 Å². The molecule has 30 heavy (non-hydrogen) atoms. The molecule has 0 radical (unpaired) electrons. The lowest BCUT2D eigenvalue weighted by molar-refractivity contribution is -0.138. The number of rotatable bonds is 6. The lowest BCUT2D eigenvalue weighted by Gasteiger charge is -2.32. The summed E-state index contributed by atoms with van der Waals surface area (Å²) >= 11 is 0. The van der Waals surface area contributed by atoms with Gasteiger partial charge < -0.3 is 9.64 Å². The molecule has 1 atom stereocenters. The molecule has 7 heteroatoms. The molecular weight excluding hydrogens is 378 g/mol. The highest BCUT2D eigenvalue weighted by Crippen LogP contribution is 2.22. The summed E-state index contributed by atoms with van der Waals surface area (Å²) in [6.45, 7) is 5.62. The molecule has 3 heterocycles. The van der Waals surface area contributed by atoms with Crippen molar-refractivity contribution in [3.05, 3.63) is 77.1 Å². The molecule has 1 aliphatic rings. The summed E-state index contributed by atoms with van der Waals surface area (Å²) < 4.78 is 5.94. The van der Waals surface area contributed by atoms with Gasteiger partial charge in [0, 0.05) is 24.6 Å². The Morgan fingerprint density at radius 3 is 2.77 bits per heavy atom. The van der Waals surface area contributed by atoms with E-state index in [9.17, 15) is 4.79 Å². The summed E-state index contributed by atoms with van der Waals surface area (Å²) in [6, 6.07) is 16.3. The van der Waals surface area contributed by atoms with Gasteiger partial charge in [0.05, 0.1) is 25.3 Å². The molecule has 0 aliphatic carbocycles. The highest BCUT2D eigenvalue weighted by molar-refractivity contribution is 5.78. The fraction of sp³-hybridized carbons (Fsp3) is 0.391. The van der Waals surface area contributed by atoms with Crippen molar-refractivity contribution in [2.45, 2.75) is 38.7 Å². The number of hydrogen-bond donors (Lipinski definition) is 1. The van der Waals surface area contributed by atoms with Crippen molar-refractivity contribution in [1.82, 2.24) is 25.1 Å². The number of aromatic nitrogens is 4. The molecule has 1 aromatic carbocycles. The van der Waals surface area contributed by atoms with Gasteiger partial charge >= 0.3 is 0 Å². The van der Waals surface area contributed by atoms with Crippen LogP contribution in [0, 0.1) is 0 Å². The van der Waals surface area contributed by atoms with E-state index in [0.717, 1.165) is 23.6 Å². The predicted molar refractivity (Wildman–Crippen MR) is 113 cm³/mol. The Kier molecular flexibility index (Phi) is 6.18. The SMILES string of the molecule is CC(C)c1n[nH]c(CC(=O)N2CCO[C@H](c3cccc(Cc4ccccc4)n3)C2)n1. The fourth-order valence-electron chi connectivity index (χ4n) is 3.54. The third-order valence-electron chi connectivity index (χ3n) is 5.19. The molecule has 156 valence electrons. The number of benzene rings is 1. The molecule has 1 saturated heterocycles. The van der Waals surface area contributed by atoms with Crippen molar-refractivity contribution >= 4 is 5.91 Å². The second kappa shape index (κ2) is 9.17. The van der Waals surface area contributed by atoms with Crippen molar-refractivity contribution < 1.29 is 9.53 Å². The molecule has 4 rings (SSSR count). The second-order valence-electron chi connectivity index (χ2n) is 7.89. The second-order valence-corrected chi connectivity index (χ2v) is 7.89. The number of H-pyrrole nitrogens is 1. The van der Waals surface area contributed by atoms with Crippen molar-refractivity contribution in [3.8, 4) is 0 Å². The molecule has 3 aromatic rings. The molecule has 0 saturated carbocycles. The minimum absolute atomic E-state index is 0.0233. The normalized spacial score (nSPS) is 16.8. The van der Waals surface area contributed by atoms with Crippen LogP contribution in [-0.4, -0.2) is 50.7 Å². The number of carbonyl (C=O) groups excluding carboxylic acids is 1. The van der Waals surface area contributed by atoms with E-state index < -0.39 is 0 Å². The molecule has 7 nitrogen and oxygen atoms in total. The van der Waals surface area contributed by atoms with Gasteiger partial charge in [0.15, 0.2) is 5.82 Å². The van der Waals surface area contributed by atoms with Crippen LogP contribution in [0.3, 0.4) is 0 Å². The van der Waals surface area contributed by atoms with Gasteiger partial charge in [-0.05, 0) is 17.7 Å². The van der Waals surface area contributed by atoms with Crippen molar-refractivity contribution in [1.29, 1.82) is 0 Å². The van der Waals surface area contributed by atoms with Gasteiger partial charge in [-0.1, -0.05) is 50.2 Å². The third-order valence-corrected chi connectivity index (χ3v) is 5.19. The van der Waals surface area contributed by atoms with Gasteiger partial charge in [-0.25, -0.2) is 4.98 Å². The van der Waals surface area contributed by atoms with E-state index in [1.54, 1.807) is 0 Å². The topological polar surface area (TPSA) is 84.0 Å². The number of morpholine rings is 1. The minimum Gasteiger partial charge on any atom is -0.368 e. The van der Waals surface area contributed by atoms with Crippen LogP contribution < -0.4 is 0 Å². The first kappa shape index (κ1) is 20.2. The maximum atomic E-state index is 12.8. The molecule has 1 fully saturated rings. The Bertz CT molecular complexity index is 986. The first-order valence-electron chi connectivity index (χ1n) is 10.4. The van der Waals surface area contributed by atoms with Gasteiger partial charge in [0.2, 0.25) is 5.91 Å². The average molecular weight is 406 g/mol. The molecule has 0 unspecified atom stereocenters. The van der Waals surface area contributed by atoms with Crippen LogP contribution in [0.4, 0.5) is 0 Å². The van der Waals surface area contributed by atoms with Crippen molar-refractivity contribution in [2.75, 3.05) is 19.7 Å². The molecule has 2 aromatic heterocycles. The summed E-state index contributed by atoms with van der Waals surface area (Å²) in [5, 5.41) is 7.06. The van der Waals surface area contributed by atoms with Crippen LogP contribution in [0.2, 0.25) is 0 Å². The number of pyridine rings is 1. The Morgan fingerprint density at radius 1 is 1.17 bits per heavy atom. The summed E-state index contributed by atoms with van der Waals surface area (Å²) in [5.74, 6) is 1.59. The standard InChI is InChI=1S/C23H27N5O2/c1-16(2)23-25-21(26-27-23)14-22(29)28-11-12-30-20(15-28)19-10-6-9-18(24-19)13-17-7-4-3-5-8-17/h3-10,16,20H,11-15H2,1-2H3,(H,25,26,27)/t20-/m0/s1. The monoisotopic (exact) mass is 405 g/mol. The zero-order chi connectivity index (χ0) is 20.9. The van der Waals surface area contributed by atoms with Gasteiger partial charge in [0.1, 0.15) is 11.9 Å². The zero-order valence-electron chi connectivity index (χ0n) is 17.4. The highest BCUT2D eigenvalue weighted by Gasteiger charge is 2.27. The quantitative estimate of drug-likeness (QED) is 0.681. The number of amides is 1. The summed E-state index contributed by atoms with van der Waals surface area (Å²) in [7, 11) is 0. The van der Waals surface area contributed by atoms with Crippen molar-refractivity contribution in [3.63, 3.8) is 0 Å². The van der Waals surface area contributed by atoms with E-state index in [0.29, 0.717) is 25.5 Å². The average Bonchev–Trinajstić information content (AvgIpc) is 3.24.